The molecule has 10 heteroatoms. The van der Waals surface area contributed by atoms with Crippen molar-refractivity contribution in [3.63, 3.8) is 0 Å². The lowest BCUT2D eigenvalue weighted by Crippen LogP contribution is -2.50. The van der Waals surface area contributed by atoms with Gasteiger partial charge in [-0.2, -0.15) is 5.10 Å². The van der Waals surface area contributed by atoms with Crippen LogP contribution in [0.4, 0.5) is 10.6 Å². The van der Waals surface area contributed by atoms with E-state index in [9.17, 15) is 9.59 Å². The van der Waals surface area contributed by atoms with E-state index in [2.05, 4.69) is 54.6 Å². The zero-order valence-electron chi connectivity index (χ0n) is 25.9. The molecule has 0 aliphatic heterocycles. The van der Waals surface area contributed by atoms with Crippen molar-refractivity contribution in [2.45, 2.75) is 116 Å². The van der Waals surface area contributed by atoms with Crippen LogP contribution in [0.1, 0.15) is 85.6 Å². The van der Waals surface area contributed by atoms with Crippen molar-refractivity contribution in [1.29, 1.82) is 0 Å². The van der Waals surface area contributed by atoms with Gasteiger partial charge in [-0.05, 0) is 69.8 Å². The van der Waals surface area contributed by atoms with Crippen LogP contribution in [-0.2, 0) is 27.6 Å². The summed E-state index contributed by atoms with van der Waals surface area (Å²) in [7, 11) is -0.0192. The van der Waals surface area contributed by atoms with Crippen LogP contribution in [-0.4, -0.2) is 46.7 Å². The fraction of sp³-hybridized carbons (Fsp3) is 0.667. The van der Waals surface area contributed by atoms with Crippen LogP contribution in [0.25, 0.3) is 11.3 Å². The van der Waals surface area contributed by atoms with Crippen LogP contribution < -0.4 is 10.6 Å². The highest BCUT2D eigenvalue weighted by molar-refractivity contribution is 6.74. The van der Waals surface area contributed by atoms with Crippen LogP contribution in [0.15, 0.2) is 24.5 Å². The van der Waals surface area contributed by atoms with Crippen molar-refractivity contribution in [3.05, 3.63) is 30.1 Å². The minimum atomic E-state index is -1.92. The minimum Gasteiger partial charge on any atom is -0.444 e. The zero-order chi connectivity index (χ0) is 29.7. The largest absolute Gasteiger partial charge is 0.444 e. The maximum Gasteiger partial charge on any atom is 0.408 e. The van der Waals surface area contributed by atoms with Gasteiger partial charge in [0, 0.05) is 24.4 Å². The molecule has 9 nitrogen and oxygen atoms in total. The first-order valence-electron chi connectivity index (χ1n) is 14.5. The Balaban J connectivity index is 1.75. The Morgan fingerprint density at radius 1 is 1.05 bits per heavy atom. The Bertz CT molecular complexity index is 1140. The first-order chi connectivity index (χ1) is 18.6. The molecule has 1 aliphatic rings. The second kappa shape index (κ2) is 12.8. The Labute approximate surface area is 240 Å². The van der Waals surface area contributed by atoms with E-state index < -0.39 is 26.1 Å². The lowest BCUT2D eigenvalue weighted by atomic mass is 9.91. The molecule has 2 aromatic heterocycles. The molecule has 40 heavy (non-hydrogen) atoms. The van der Waals surface area contributed by atoms with E-state index in [1.54, 1.807) is 12.3 Å². The predicted octanol–water partition coefficient (Wildman–Crippen LogP) is 6.81. The molecule has 222 valence electrons. The third-order valence-corrected chi connectivity index (χ3v) is 12.5. The highest BCUT2D eigenvalue weighted by Gasteiger charge is 2.37. The molecular formula is C30H49N5O4Si. The first-order valence-corrected chi connectivity index (χ1v) is 17.4. The SMILES string of the molecule is Cn1ncc(CO[Si](C)(C)C(C)(C)C)c1-c1ccc(NC(=O)C(NC(=O)OC(C)(C)C)C2CCCCCC2)nc1. The van der Waals surface area contributed by atoms with Crippen molar-refractivity contribution in [2.75, 3.05) is 5.32 Å². The number of alkyl carbamates (subject to hydrolysis) is 1. The number of nitrogens with zero attached hydrogens (tertiary/aromatic N) is 3. The molecule has 1 unspecified atom stereocenters. The molecule has 1 atom stereocenters. The number of nitrogens with one attached hydrogen (secondary N) is 2. The summed E-state index contributed by atoms with van der Waals surface area (Å²) in [4.78, 5) is 30.6. The van der Waals surface area contributed by atoms with E-state index in [0.29, 0.717) is 12.4 Å². The van der Waals surface area contributed by atoms with E-state index in [0.717, 1.165) is 55.3 Å². The fourth-order valence-electron chi connectivity index (χ4n) is 4.72. The molecular weight excluding hydrogens is 522 g/mol. The highest BCUT2D eigenvalue weighted by atomic mass is 28.4. The summed E-state index contributed by atoms with van der Waals surface area (Å²) in [5.74, 6) is 0.203. The number of hydrogen-bond acceptors (Lipinski definition) is 6. The number of rotatable bonds is 8. The van der Waals surface area contributed by atoms with E-state index in [1.165, 1.54) is 0 Å². The van der Waals surface area contributed by atoms with Gasteiger partial charge in [-0.1, -0.05) is 46.5 Å². The maximum atomic E-state index is 13.5. The quantitative estimate of drug-likeness (QED) is 0.266. The van der Waals surface area contributed by atoms with Gasteiger partial charge in [-0.15, -0.1) is 0 Å². The summed E-state index contributed by atoms with van der Waals surface area (Å²) >= 11 is 0. The number of carbonyl (C=O) groups is 2. The van der Waals surface area contributed by atoms with Gasteiger partial charge in [0.25, 0.3) is 0 Å². The normalized spacial score (nSPS) is 16.2. The Morgan fingerprint density at radius 3 is 2.25 bits per heavy atom. The Hall–Kier alpha value is -2.72. The Morgan fingerprint density at radius 2 is 1.70 bits per heavy atom. The minimum absolute atomic E-state index is 0.0483. The van der Waals surface area contributed by atoms with Gasteiger partial charge in [-0.3, -0.25) is 9.48 Å². The number of aryl methyl sites for hydroxylation is 1. The summed E-state index contributed by atoms with van der Waals surface area (Å²) in [6.07, 6.45) is 9.17. The summed E-state index contributed by atoms with van der Waals surface area (Å²) in [5, 5.41) is 10.4. The molecule has 1 saturated carbocycles. The van der Waals surface area contributed by atoms with E-state index in [1.807, 2.05) is 44.8 Å². The van der Waals surface area contributed by atoms with Crippen LogP contribution in [0.3, 0.4) is 0 Å². The average Bonchev–Trinajstić information content (AvgIpc) is 3.02. The fourth-order valence-corrected chi connectivity index (χ4v) is 5.67. The summed E-state index contributed by atoms with van der Waals surface area (Å²) in [6, 6.07) is 3.03. The lowest BCUT2D eigenvalue weighted by Gasteiger charge is -2.36. The second-order valence-electron chi connectivity index (χ2n) is 13.5. The number of amides is 2. The third kappa shape index (κ3) is 8.64. The number of hydrogen-bond donors (Lipinski definition) is 2. The molecule has 2 amide bonds. The van der Waals surface area contributed by atoms with Gasteiger partial charge in [0.15, 0.2) is 8.32 Å². The van der Waals surface area contributed by atoms with Crippen molar-refractivity contribution in [1.82, 2.24) is 20.1 Å². The number of aromatic nitrogens is 3. The molecule has 0 saturated heterocycles. The predicted molar refractivity (Wildman–Crippen MR) is 161 cm³/mol. The van der Waals surface area contributed by atoms with Crippen molar-refractivity contribution < 1.29 is 18.8 Å². The molecule has 0 radical (unpaired) electrons. The van der Waals surface area contributed by atoms with Gasteiger partial charge >= 0.3 is 6.09 Å². The zero-order valence-corrected chi connectivity index (χ0v) is 26.9. The van der Waals surface area contributed by atoms with Crippen LogP contribution >= 0.6 is 0 Å². The molecule has 3 rings (SSSR count). The van der Waals surface area contributed by atoms with E-state index in [4.69, 9.17) is 9.16 Å². The molecule has 1 fully saturated rings. The topological polar surface area (TPSA) is 107 Å². The third-order valence-electron chi connectivity index (χ3n) is 8.02. The van der Waals surface area contributed by atoms with E-state index in [-0.39, 0.29) is 16.9 Å². The number of anilines is 1. The summed E-state index contributed by atoms with van der Waals surface area (Å²) in [6.45, 7) is 17.1. The van der Waals surface area contributed by atoms with E-state index >= 15 is 0 Å². The number of carbonyl (C=O) groups excluding carboxylic acids is 2. The maximum absolute atomic E-state index is 13.5. The monoisotopic (exact) mass is 571 g/mol. The van der Waals surface area contributed by atoms with Gasteiger partial charge in [-0.25, -0.2) is 9.78 Å². The molecule has 0 bridgehead atoms. The number of ether oxygens (including phenoxy) is 1. The second-order valence-corrected chi connectivity index (χ2v) is 18.3. The Kier molecular flexibility index (Phi) is 10.2. The lowest BCUT2D eigenvalue weighted by molar-refractivity contribution is -0.119. The van der Waals surface area contributed by atoms with Crippen LogP contribution in [0, 0.1) is 5.92 Å². The number of pyridine rings is 1. The van der Waals surface area contributed by atoms with Crippen LogP contribution in [0.5, 0.6) is 0 Å². The first kappa shape index (κ1) is 31.8. The average molecular weight is 572 g/mol. The molecule has 2 N–H and O–H groups in total. The highest BCUT2D eigenvalue weighted by Crippen LogP contribution is 2.37. The standard InChI is InChI=1S/C30H49N5O4Si/c1-29(2,3)39-28(37)34-25(21-14-12-10-11-13-15-21)27(36)33-24-17-16-22(18-31-24)26-23(19-32-35(26)7)20-38-40(8,9)30(4,5)6/h16-19,21,25H,10-15,20H2,1-9H3,(H,34,37)(H,31,33,36). The van der Waals surface area contributed by atoms with Gasteiger partial charge in [0.05, 0.1) is 18.5 Å². The molecule has 2 aromatic rings. The van der Waals surface area contributed by atoms with Crippen molar-refractivity contribution >= 4 is 26.1 Å². The van der Waals surface area contributed by atoms with Gasteiger partial charge in [0.1, 0.15) is 17.5 Å². The van der Waals surface area contributed by atoms with Gasteiger partial charge < -0.3 is 19.8 Å². The smallest absolute Gasteiger partial charge is 0.408 e. The molecule has 1 aliphatic carbocycles. The van der Waals surface area contributed by atoms with Crippen molar-refractivity contribution in [2.24, 2.45) is 13.0 Å². The van der Waals surface area contributed by atoms with Crippen molar-refractivity contribution in [3.8, 4) is 11.3 Å². The molecule has 0 aromatic carbocycles. The molecule has 2 heterocycles. The molecule has 0 spiro atoms. The summed E-state index contributed by atoms with van der Waals surface area (Å²) in [5.41, 5.74) is 2.18. The van der Waals surface area contributed by atoms with Crippen LogP contribution in [0.2, 0.25) is 18.1 Å². The van der Waals surface area contributed by atoms with Gasteiger partial charge in [0.2, 0.25) is 5.91 Å². The summed E-state index contributed by atoms with van der Waals surface area (Å²) < 4.78 is 13.7.